The third-order valence-electron chi connectivity index (χ3n) is 7.23. The molecular formula is C28H38ClN3O4. The van der Waals surface area contributed by atoms with E-state index in [9.17, 15) is 9.59 Å². The van der Waals surface area contributed by atoms with Crippen molar-refractivity contribution in [2.24, 2.45) is 0 Å². The summed E-state index contributed by atoms with van der Waals surface area (Å²) in [6.45, 7) is 0.330. The minimum atomic E-state index is -0.166. The lowest BCUT2D eigenvalue weighted by atomic mass is 9.75. The lowest BCUT2D eigenvalue weighted by Gasteiger charge is -2.45. The predicted molar refractivity (Wildman–Crippen MR) is 143 cm³/mol. The molecule has 36 heavy (non-hydrogen) atoms. The van der Waals surface area contributed by atoms with Crippen molar-refractivity contribution in [1.82, 2.24) is 15.5 Å². The van der Waals surface area contributed by atoms with Crippen molar-refractivity contribution in [2.45, 2.75) is 63.1 Å². The highest BCUT2D eigenvalue weighted by Crippen LogP contribution is 2.35. The molecule has 0 saturated heterocycles. The Bertz CT molecular complexity index is 1020. The number of nitrogens with zero attached hydrogens (tertiary/aromatic N) is 1. The number of carbonyl (C=O) groups excluding carboxylic acids is 2. The van der Waals surface area contributed by atoms with Gasteiger partial charge in [0.2, 0.25) is 11.8 Å². The van der Waals surface area contributed by atoms with Crippen LogP contribution < -0.4 is 20.1 Å². The largest absolute Gasteiger partial charge is 0.497 e. The van der Waals surface area contributed by atoms with Gasteiger partial charge in [-0.1, -0.05) is 23.7 Å². The Kier molecular flexibility index (Phi) is 10.0. The number of hydrogen-bond donors (Lipinski definition) is 2. The number of rotatable bonds is 11. The second kappa shape index (κ2) is 13.0. The van der Waals surface area contributed by atoms with Crippen LogP contribution in [0.5, 0.6) is 11.5 Å². The van der Waals surface area contributed by atoms with Crippen LogP contribution in [0.4, 0.5) is 0 Å². The zero-order valence-electron chi connectivity index (χ0n) is 21.7. The number of halogens is 1. The molecule has 8 heteroatoms. The van der Waals surface area contributed by atoms with E-state index >= 15 is 0 Å². The Morgan fingerprint density at radius 1 is 1.00 bits per heavy atom. The van der Waals surface area contributed by atoms with Crippen molar-refractivity contribution in [3.8, 4) is 11.5 Å². The number of methoxy groups -OCH3 is 2. The van der Waals surface area contributed by atoms with Gasteiger partial charge >= 0.3 is 0 Å². The third kappa shape index (κ3) is 7.61. The molecule has 1 saturated carbocycles. The fourth-order valence-electron chi connectivity index (χ4n) is 4.87. The molecule has 2 amide bonds. The first kappa shape index (κ1) is 27.8. The summed E-state index contributed by atoms with van der Waals surface area (Å²) in [5.41, 5.74) is 2.19. The van der Waals surface area contributed by atoms with Crippen molar-refractivity contribution >= 4 is 23.4 Å². The van der Waals surface area contributed by atoms with E-state index in [0.717, 1.165) is 42.7 Å². The van der Waals surface area contributed by atoms with E-state index < -0.39 is 0 Å². The van der Waals surface area contributed by atoms with Gasteiger partial charge in [0, 0.05) is 47.6 Å². The van der Waals surface area contributed by atoms with Crippen molar-refractivity contribution in [3.05, 3.63) is 58.6 Å². The van der Waals surface area contributed by atoms with Gasteiger partial charge in [0.1, 0.15) is 11.5 Å². The van der Waals surface area contributed by atoms with Crippen molar-refractivity contribution < 1.29 is 19.1 Å². The highest BCUT2D eigenvalue weighted by Gasteiger charge is 2.37. The summed E-state index contributed by atoms with van der Waals surface area (Å²) in [4.78, 5) is 27.2. The number of benzene rings is 2. The molecule has 2 N–H and O–H groups in total. The van der Waals surface area contributed by atoms with Gasteiger partial charge in [-0.3, -0.25) is 9.59 Å². The Morgan fingerprint density at radius 3 is 2.28 bits per heavy atom. The molecule has 0 atom stereocenters. The molecule has 0 bridgehead atoms. The zero-order valence-corrected chi connectivity index (χ0v) is 22.5. The minimum absolute atomic E-state index is 0.0669. The smallest absolute Gasteiger partial charge is 0.220 e. The van der Waals surface area contributed by atoms with Gasteiger partial charge in [0.15, 0.2) is 0 Å². The van der Waals surface area contributed by atoms with Crippen molar-refractivity contribution in [3.63, 3.8) is 0 Å². The summed E-state index contributed by atoms with van der Waals surface area (Å²) in [5, 5.41) is 6.75. The van der Waals surface area contributed by atoms with Crippen LogP contribution in [0.2, 0.25) is 5.02 Å². The van der Waals surface area contributed by atoms with E-state index in [1.54, 1.807) is 20.3 Å². The molecule has 1 fully saturated rings. The molecular weight excluding hydrogens is 478 g/mol. The van der Waals surface area contributed by atoms with Gasteiger partial charge in [0.25, 0.3) is 0 Å². The van der Waals surface area contributed by atoms with Gasteiger partial charge in [-0.2, -0.15) is 0 Å². The summed E-state index contributed by atoms with van der Waals surface area (Å²) < 4.78 is 10.6. The molecule has 1 aliphatic rings. The van der Waals surface area contributed by atoms with Crippen LogP contribution >= 0.6 is 11.6 Å². The molecule has 0 heterocycles. The molecule has 0 radical (unpaired) electrons. The molecule has 0 spiro atoms. The molecule has 1 aliphatic carbocycles. The van der Waals surface area contributed by atoms with E-state index in [0.29, 0.717) is 18.0 Å². The first-order valence-corrected chi connectivity index (χ1v) is 12.8. The number of nitrogens with one attached hydrogen (secondary N) is 2. The Labute approximate surface area is 219 Å². The normalized spacial score (nSPS) is 19.6. The average molecular weight is 516 g/mol. The van der Waals surface area contributed by atoms with Gasteiger partial charge < -0.3 is 25.0 Å². The number of hydrogen-bond acceptors (Lipinski definition) is 5. The van der Waals surface area contributed by atoms with E-state index in [1.807, 2.05) is 24.3 Å². The number of likely N-dealkylation sites (N-methyl/N-ethyl adjacent to an activating group) is 1. The lowest BCUT2D eigenvalue weighted by molar-refractivity contribution is -0.127. The fraction of sp³-hybridized carbons (Fsp3) is 0.500. The van der Waals surface area contributed by atoms with Crippen molar-refractivity contribution in [1.29, 1.82) is 0 Å². The molecule has 2 aromatic carbocycles. The van der Waals surface area contributed by atoms with Crippen LogP contribution in [0.1, 0.15) is 49.7 Å². The standard InChI is InChI=1S/C28H38ClN3O4/c1-32(2)28(18-20-5-8-22(29)9-6-20)15-13-23(14-16-28)31-27(34)12-11-26(33)30-19-21-7-10-24(35-3)17-25(21)36-4/h5-10,17,23H,11-16,18-19H2,1-4H3,(H,30,33)(H,31,34). The van der Waals surface area contributed by atoms with E-state index in [2.05, 4.69) is 41.8 Å². The Balaban J connectivity index is 1.42. The highest BCUT2D eigenvalue weighted by atomic mass is 35.5. The molecule has 0 unspecified atom stereocenters. The van der Waals surface area contributed by atoms with E-state index in [1.165, 1.54) is 5.56 Å². The van der Waals surface area contributed by atoms with Crippen LogP contribution in [0.15, 0.2) is 42.5 Å². The fourth-order valence-corrected chi connectivity index (χ4v) is 5.00. The molecule has 0 aliphatic heterocycles. The maximum atomic E-state index is 12.5. The van der Waals surface area contributed by atoms with Crippen LogP contribution in [0.25, 0.3) is 0 Å². The number of ether oxygens (including phenoxy) is 2. The summed E-state index contributed by atoms with van der Waals surface area (Å²) in [7, 11) is 7.44. The highest BCUT2D eigenvalue weighted by molar-refractivity contribution is 6.30. The first-order chi connectivity index (χ1) is 17.2. The summed E-state index contributed by atoms with van der Waals surface area (Å²) in [6, 6.07) is 13.7. The number of carbonyl (C=O) groups is 2. The molecule has 2 aromatic rings. The Morgan fingerprint density at radius 2 is 1.67 bits per heavy atom. The van der Waals surface area contributed by atoms with Crippen LogP contribution in [0, 0.1) is 0 Å². The average Bonchev–Trinajstić information content (AvgIpc) is 2.88. The molecule has 3 rings (SSSR count). The van der Waals surface area contributed by atoms with Gasteiger partial charge in [0.05, 0.1) is 14.2 Å². The summed E-state index contributed by atoms with van der Waals surface area (Å²) in [5.74, 6) is 1.09. The van der Waals surface area contributed by atoms with Crippen LogP contribution in [-0.4, -0.2) is 56.6 Å². The SMILES string of the molecule is COc1ccc(CNC(=O)CCC(=O)NC2CCC(Cc3ccc(Cl)cc3)(N(C)C)CC2)c(OC)c1. The maximum Gasteiger partial charge on any atom is 0.220 e. The van der Waals surface area contributed by atoms with E-state index in [-0.39, 0.29) is 36.2 Å². The molecule has 0 aromatic heterocycles. The van der Waals surface area contributed by atoms with Gasteiger partial charge in [-0.25, -0.2) is 0 Å². The summed E-state index contributed by atoms with van der Waals surface area (Å²) >= 11 is 6.05. The second-order valence-corrected chi connectivity index (χ2v) is 10.2. The van der Waals surface area contributed by atoms with Crippen LogP contribution in [-0.2, 0) is 22.6 Å². The van der Waals surface area contributed by atoms with Crippen LogP contribution in [0.3, 0.4) is 0 Å². The topological polar surface area (TPSA) is 79.9 Å². The quantitative estimate of drug-likeness (QED) is 0.465. The predicted octanol–water partition coefficient (Wildman–Crippen LogP) is 4.36. The second-order valence-electron chi connectivity index (χ2n) is 9.72. The monoisotopic (exact) mass is 515 g/mol. The van der Waals surface area contributed by atoms with Crippen molar-refractivity contribution in [2.75, 3.05) is 28.3 Å². The Hall–Kier alpha value is -2.77. The van der Waals surface area contributed by atoms with Gasteiger partial charge in [-0.05, 0) is 76.0 Å². The minimum Gasteiger partial charge on any atom is -0.497 e. The maximum absolute atomic E-state index is 12.5. The zero-order chi connectivity index (χ0) is 26.1. The third-order valence-corrected chi connectivity index (χ3v) is 7.48. The molecule has 196 valence electrons. The first-order valence-electron chi connectivity index (χ1n) is 12.4. The van der Waals surface area contributed by atoms with Gasteiger partial charge in [-0.15, -0.1) is 0 Å². The summed E-state index contributed by atoms with van der Waals surface area (Å²) in [6.07, 6.45) is 5.11. The molecule has 7 nitrogen and oxygen atoms in total. The van der Waals surface area contributed by atoms with E-state index in [4.69, 9.17) is 21.1 Å². The number of amides is 2. The lowest BCUT2D eigenvalue weighted by Crippen LogP contribution is -2.52.